The van der Waals surface area contributed by atoms with E-state index < -0.39 is 11.6 Å². The molecular weight excluding hydrogens is 450 g/mol. The molecule has 1 aliphatic carbocycles. The molecule has 2 fully saturated rings. The molecule has 0 aromatic heterocycles. The van der Waals surface area contributed by atoms with E-state index in [1.165, 1.54) is 48.8 Å². The Hall–Kier alpha value is -2.78. The van der Waals surface area contributed by atoms with E-state index in [1.54, 1.807) is 12.1 Å². The number of epoxide rings is 1. The number of aryl methyl sites for hydroxylation is 2. The first-order valence-corrected chi connectivity index (χ1v) is 13.6. The molecule has 0 spiro atoms. The van der Waals surface area contributed by atoms with Crippen molar-refractivity contribution in [2.75, 3.05) is 6.61 Å². The second-order valence-electron chi connectivity index (χ2n) is 10.4. The average molecular weight is 487 g/mol. The van der Waals surface area contributed by atoms with Crippen molar-refractivity contribution in [1.82, 2.24) is 0 Å². The van der Waals surface area contributed by atoms with Crippen LogP contribution in [0.1, 0.15) is 79.7 Å². The van der Waals surface area contributed by atoms with Crippen LogP contribution in [0.25, 0.3) is 11.1 Å². The summed E-state index contributed by atoms with van der Waals surface area (Å²) in [6.45, 7) is 2.69. The largest absolute Gasteiger partial charge is 0.368 e. The van der Waals surface area contributed by atoms with Gasteiger partial charge in [0, 0.05) is 11.1 Å². The summed E-state index contributed by atoms with van der Waals surface area (Å²) in [6.07, 6.45) is 13.8. The number of allylic oxidation sites excluding steroid dienone is 2. The van der Waals surface area contributed by atoms with Gasteiger partial charge in [-0.25, -0.2) is 8.78 Å². The zero-order valence-electron chi connectivity index (χ0n) is 21.2. The van der Waals surface area contributed by atoms with E-state index >= 15 is 0 Å². The lowest BCUT2D eigenvalue weighted by molar-refractivity contribution is 0.375. The summed E-state index contributed by atoms with van der Waals surface area (Å²) in [6, 6.07) is 20.5. The summed E-state index contributed by atoms with van der Waals surface area (Å²) in [5.74, 6) is -0.355. The number of ether oxygens (including phenoxy) is 1. The predicted octanol–water partition coefficient (Wildman–Crippen LogP) is 9.12. The standard InChI is InChI=1S/C33H36F2O/c1-2-5-23-8-10-24(11-9-23)6-3-4-7-25-12-14-26(15-13-25)27-16-18-28(19-17-27)29-20-21-30(31-22-36-31)33(35)32(29)34/h4,7-11,16-21,25-26,31H,2-3,5-6,12-15,22H2,1H3/b7-4+. The van der Waals surface area contributed by atoms with Gasteiger partial charge in [0.15, 0.2) is 11.6 Å². The molecule has 3 heteroatoms. The van der Waals surface area contributed by atoms with Gasteiger partial charge < -0.3 is 4.74 Å². The first-order valence-electron chi connectivity index (χ1n) is 13.6. The van der Waals surface area contributed by atoms with Crippen molar-refractivity contribution in [3.8, 4) is 11.1 Å². The average Bonchev–Trinajstić information content (AvgIpc) is 3.75. The molecule has 5 rings (SSSR count). The Labute approximate surface area is 214 Å². The first-order chi connectivity index (χ1) is 17.6. The van der Waals surface area contributed by atoms with Crippen molar-refractivity contribution in [3.05, 3.63) is 107 Å². The Bertz CT molecular complexity index is 1170. The van der Waals surface area contributed by atoms with Gasteiger partial charge in [-0.3, -0.25) is 0 Å². The van der Waals surface area contributed by atoms with Crippen LogP contribution in [0.3, 0.4) is 0 Å². The number of benzene rings is 3. The van der Waals surface area contributed by atoms with Gasteiger partial charge in [-0.15, -0.1) is 0 Å². The van der Waals surface area contributed by atoms with Gasteiger partial charge in [-0.1, -0.05) is 86.2 Å². The van der Waals surface area contributed by atoms with Crippen molar-refractivity contribution < 1.29 is 13.5 Å². The number of hydrogen-bond donors (Lipinski definition) is 0. The quantitative estimate of drug-likeness (QED) is 0.217. The normalized spacial score (nSPS) is 21.7. The van der Waals surface area contributed by atoms with E-state index in [0.717, 1.165) is 24.8 Å². The summed E-state index contributed by atoms with van der Waals surface area (Å²) in [4.78, 5) is 0. The SMILES string of the molecule is CCCc1ccc(CC/C=C/C2CCC(c3ccc(-c4ccc(C5CO5)c(F)c4F)cc3)CC2)cc1. The molecule has 2 aliphatic rings. The van der Waals surface area contributed by atoms with E-state index in [1.807, 2.05) is 12.1 Å². The van der Waals surface area contributed by atoms with E-state index in [9.17, 15) is 8.78 Å². The molecule has 1 saturated heterocycles. The lowest BCUT2D eigenvalue weighted by atomic mass is 9.78. The highest BCUT2D eigenvalue weighted by Crippen LogP contribution is 2.38. The van der Waals surface area contributed by atoms with Gasteiger partial charge in [0.2, 0.25) is 0 Å². The molecule has 0 amide bonds. The molecule has 1 aliphatic heterocycles. The monoisotopic (exact) mass is 486 g/mol. The fraction of sp³-hybridized carbons (Fsp3) is 0.394. The molecule has 36 heavy (non-hydrogen) atoms. The molecule has 0 radical (unpaired) electrons. The molecule has 1 heterocycles. The van der Waals surface area contributed by atoms with Gasteiger partial charge in [-0.2, -0.15) is 0 Å². The predicted molar refractivity (Wildman–Crippen MR) is 143 cm³/mol. The van der Waals surface area contributed by atoms with Crippen LogP contribution in [0, 0.1) is 17.6 Å². The van der Waals surface area contributed by atoms with Gasteiger partial charge in [-0.05, 0) is 79.0 Å². The molecule has 1 unspecified atom stereocenters. The lowest BCUT2D eigenvalue weighted by Gasteiger charge is -2.27. The fourth-order valence-electron chi connectivity index (χ4n) is 5.54. The Balaban J connectivity index is 1.10. The Morgan fingerprint density at radius 1 is 0.806 bits per heavy atom. The van der Waals surface area contributed by atoms with Crippen LogP contribution in [-0.2, 0) is 17.6 Å². The smallest absolute Gasteiger partial charge is 0.167 e. The van der Waals surface area contributed by atoms with Crippen molar-refractivity contribution in [2.24, 2.45) is 5.92 Å². The summed E-state index contributed by atoms with van der Waals surface area (Å²) in [5, 5.41) is 0. The van der Waals surface area contributed by atoms with E-state index in [4.69, 9.17) is 4.74 Å². The highest BCUT2D eigenvalue weighted by atomic mass is 19.2. The third-order valence-electron chi connectivity index (χ3n) is 7.83. The van der Waals surface area contributed by atoms with Gasteiger partial charge in [0.05, 0.1) is 6.61 Å². The van der Waals surface area contributed by atoms with Crippen molar-refractivity contribution in [3.63, 3.8) is 0 Å². The van der Waals surface area contributed by atoms with Crippen LogP contribution in [0.4, 0.5) is 8.78 Å². The number of hydrogen-bond acceptors (Lipinski definition) is 1. The van der Waals surface area contributed by atoms with Gasteiger partial charge >= 0.3 is 0 Å². The minimum Gasteiger partial charge on any atom is -0.368 e. The summed E-state index contributed by atoms with van der Waals surface area (Å²) in [7, 11) is 0. The van der Waals surface area contributed by atoms with Gasteiger partial charge in [0.25, 0.3) is 0 Å². The van der Waals surface area contributed by atoms with Crippen LogP contribution >= 0.6 is 0 Å². The maximum absolute atomic E-state index is 14.7. The number of rotatable bonds is 9. The summed E-state index contributed by atoms with van der Waals surface area (Å²) in [5.41, 5.74) is 5.50. The van der Waals surface area contributed by atoms with E-state index in [0.29, 0.717) is 29.6 Å². The van der Waals surface area contributed by atoms with Gasteiger partial charge in [0.1, 0.15) is 6.10 Å². The highest BCUT2D eigenvalue weighted by Gasteiger charge is 2.30. The second-order valence-corrected chi connectivity index (χ2v) is 10.4. The summed E-state index contributed by atoms with van der Waals surface area (Å²) < 4.78 is 34.2. The molecule has 0 N–H and O–H groups in total. The zero-order chi connectivity index (χ0) is 24.9. The first kappa shape index (κ1) is 24.9. The molecule has 0 bridgehead atoms. The third kappa shape index (κ3) is 5.95. The Morgan fingerprint density at radius 2 is 1.47 bits per heavy atom. The van der Waals surface area contributed by atoms with Crippen molar-refractivity contribution in [2.45, 2.75) is 70.3 Å². The molecular formula is C33H36F2O. The maximum atomic E-state index is 14.7. The number of halogens is 2. The van der Waals surface area contributed by atoms with E-state index in [2.05, 4.69) is 55.5 Å². The minimum atomic E-state index is -0.782. The third-order valence-corrected chi connectivity index (χ3v) is 7.83. The van der Waals surface area contributed by atoms with Crippen LogP contribution in [0.15, 0.2) is 72.8 Å². The van der Waals surface area contributed by atoms with Crippen LogP contribution in [0.5, 0.6) is 0 Å². The molecule has 1 atom stereocenters. The zero-order valence-corrected chi connectivity index (χ0v) is 21.2. The maximum Gasteiger partial charge on any atom is 0.167 e. The highest BCUT2D eigenvalue weighted by molar-refractivity contribution is 5.65. The molecule has 1 saturated carbocycles. The lowest BCUT2D eigenvalue weighted by Crippen LogP contribution is -2.11. The van der Waals surface area contributed by atoms with Crippen molar-refractivity contribution >= 4 is 0 Å². The fourth-order valence-corrected chi connectivity index (χ4v) is 5.54. The summed E-state index contributed by atoms with van der Waals surface area (Å²) >= 11 is 0. The van der Waals surface area contributed by atoms with Crippen LogP contribution in [0.2, 0.25) is 0 Å². The van der Waals surface area contributed by atoms with E-state index in [-0.39, 0.29) is 6.10 Å². The molecule has 1 nitrogen and oxygen atoms in total. The minimum absolute atomic E-state index is 0.288. The second kappa shape index (κ2) is 11.5. The topological polar surface area (TPSA) is 12.5 Å². The Kier molecular flexibility index (Phi) is 7.96. The van der Waals surface area contributed by atoms with Crippen LogP contribution in [-0.4, -0.2) is 6.61 Å². The van der Waals surface area contributed by atoms with Crippen LogP contribution < -0.4 is 0 Å². The Morgan fingerprint density at radius 3 is 2.11 bits per heavy atom. The molecule has 188 valence electrons. The molecule has 3 aromatic carbocycles. The molecule has 3 aromatic rings. The van der Waals surface area contributed by atoms with Crippen molar-refractivity contribution in [1.29, 1.82) is 0 Å².